The highest BCUT2D eigenvalue weighted by Gasteiger charge is 1.87. The summed E-state index contributed by atoms with van der Waals surface area (Å²) in [5.74, 6) is 1.18. The Hall–Kier alpha value is 0.440. The zero-order valence-electron chi connectivity index (χ0n) is 5.60. The van der Waals surface area contributed by atoms with E-state index in [4.69, 9.17) is 0 Å². The summed E-state index contributed by atoms with van der Waals surface area (Å²) in [6.45, 7) is 4.25. The van der Waals surface area contributed by atoms with Gasteiger partial charge in [-0.25, -0.2) is 0 Å². The summed E-state index contributed by atoms with van der Waals surface area (Å²) in [5.41, 5.74) is 0. The fraction of sp³-hybridized carbons (Fsp3) is 0.667. The molecule has 0 bridgehead atoms. The van der Waals surface area contributed by atoms with Crippen LogP contribution in [0.5, 0.6) is 0 Å². The summed E-state index contributed by atoms with van der Waals surface area (Å²) in [4.78, 5) is 0. The molecule has 0 saturated carbocycles. The highest BCUT2D eigenvalue weighted by Crippen LogP contribution is 2.24. The monoisotopic (exact) mass is 148 g/mol. The van der Waals surface area contributed by atoms with Gasteiger partial charge in [-0.05, 0) is 18.9 Å². The highest BCUT2D eigenvalue weighted by molar-refractivity contribution is 8.21. The molecule has 0 atom stereocenters. The Morgan fingerprint density at radius 3 is 2.38 bits per heavy atom. The molecule has 0 fully saturated rings. The third-order valence-corrected chi connectivity index (χ3v) is 3.02. The minimum atomic E-state index is 1.18. The Labute approximate surface area is 60.1 Å². The van der Waals surface area contributed by atoms with E-state index in [0.29, 0.717) is 0 Å². The van der Waals surface area contributed by atoms with Crippen LogP contribution in [0.15, 0.2) is 10.3 Å². The molecule has 0 nitrogen and oxygen atoms in total. The van der Waals surface area contributed by atoms with E-state index in [0.717, 1.165) is 0 Å². The second-order valence-corrected chi connectivity index (χ2v) is 3.66. The summed E-state index contributed by atoms with van der Waals surface area (Å²) in [7, 11) is 0. The Bertz CT molecular complexity index is 76.6. The van der Waals surface area contributed by atoms with Crippen LogP contribution in [0.2, 0.25) is 0 Å². The molecule has 0 amide bonds. The van der Waals surface area contributed by atoms with Crippen LogP contribution in [0, 0.1) is 0 Å². The van der Waals surface area contributed by atoms with Crippen molar-refractivity contribution >= 4 is 23.5 Å². The Balaban J connectivity index is 3.38. The molecular weight excluding hydrogens is 136 g/mol. The number of hydrogen-bond acceptors (Lipinski definition) is 2. The summed E-state index contributed by atoms with van der Waals surface area (Å²) >= 11 is 3.72. The first kappa shape index (κ1) is 8.44. The number of allylic oxidation sites excluding steroid dienone is 1. The molecule has 0 aromatic carbocycles. The molecule has 0 aromatic rings. The normalized spacial score (nSPS) is 12.1. The van der Waals surface area contributed by atoms with Crippen LogP contribution in [0.1, 0.15) is 13.8 Å². The maximum atomic E-state index is 2.17. The van der Waals surface area contributed by atoms with Gasteiger partial charge in [-0.3, -0.25) is 0 Å². The third-order valence-electron chi connectivity index (χ3n) is 0.723. The van der Waals surface area contributed by atoms with Gasteiger partial charge in [-0.15, -0.1) is 23.5 Å². The average Bonchev–Trinajstić information content (AvgIpc) is 1.83. The highest BCUT2D eigenvalue weighted by atomic mass is 32.2. The Morgan fingerprint density at radius 1 is 1.62 bits per heavy atom. The van der Waals surface area contributed by atoms with Gasteiger partial charge in [0.2, 0.25) is 0 Å². The van der Waals surface area contributed by atoms with Crippen molar-refractivity contribution < 1.29 is 0 Å². The van der Waals surface area contributed by atoms with Gasteiger partial charge in [-0.1, -0.05) is 13.0 Å². The molecule has 0 unspecified atom stereocenters. The first-order chi connectivity index (χ1) is 3.85. The second kappa shape index (κ2) is 5.57. The van der Waals surface area contributed by atoms with E-state index in [9.17, 15) is 0 Å². The molecule has 0 aromatic heterocycles. The molecule has 0 radical (unpaired) electrons. The SMILES string of the molecule is C/C=C(/SC)SCC. The van der Waals surface area contributed by atoms with Crippen molar-refractivity contribution in [1.29, 1.82) is 0 Å². The van der Waals surface area contributed by atoms with Gasteiger partial charge >= 0.3 is 0 Å². The van der Waals surface area contributed by atoms with Crippen LogP contribution < -0.4 is 0 Å². The van der Waals surface area contributed by atoms with Crippen molar-refractivity contribution in [3.8, 4) is 0 Å². The maximum Gasteiger partial charge on any atom is 0.0355 e. The lowest BCUT2D eigenvalue weighted by atomic mass is 10.8. The first-order valence-corrected chi connectivity index (χ1v) is 4.89. The standard InChI is InChI=1S/C6H12S2/c1-4-6(7-3)8-5-2/h4H,5H2,1-3H3/b6-4-. The predicted octanol–water partition coefficient (Wildman–Crippen LogP) is 2.96. The van der Waals surface area contributed by atoms with Crippen LogP contribution in [-0.4, -0.2) is 12.0 Å². The molecule has 0 saturated heterocycles. The van der Waals surface area contributed by atoms with Gasteiger partial charge in [0.1, 0.15) is 0 Å². The lowest BCUT2D eigenvalue weighted by Gasteiger charge is -1.96. The fourth-order valence-corrected chi connectivity index (χ4v) is 1.91. The summed E-state index contributed by atoms with van der Waals surface area (Å²) < 4.78 is 1.42. The van der Waals surface area contributed by atoms with Crippen LogP contribution in [0.3, 0.4) is 0 Å². The second-order valence-electron chi connectivity index (χ2n) is 1.24. The Kier molecular flexibility index (Phi) is 5.88. The van der Waals surface area contributed by atoms with Crippen molar-refractivity contribution in [3.63, 3.8) is 0 Å². The van der Waals surface area contributed by atoms with Gasteiger partial charge in [-0.2, -0.15) is 0 Å². The molecule has 8 heavy (non-hydrogen) atoms. The zero-order valence-corrected chi connectivity index (χ0v) is 7.23. The van der Waals surface area contributed by atoms with Crippen LogP contribution in [0.4, 0.5) is 0 Å². The molecular formula is C6H12S2. The van der Waals surface area contributed by atoms with E-state index in [1.807, 2.05) is 23.5 Å². The van der Waals surface area contributed by atoms with Gasteiger partial charge in [0.25, 0.3) is 0 Å². The minimum absolute atomic E-state index is 1.18. The van der Waals surface area contributed by atoms with Gasteiger partial charge in [0.05, 0.1) is 0 Å². The number of rotatable bonds is 3. The molecule has 0 N–H and O–H groups in total. The number of thioether (sulfide) groups is 2. The molecule has 48 valence electrons. The van der Waals surface area contributed by atoms with Crippen molar-refractivity contribution in [2.45, 2.75) is 13.8 Å². The summed E-state index contributed by atoms with van der Waals surface area (Å²) in [6.07, 6.45) is 4.26. The molecule has 0 spiro atoms. The van der Waals surface area contributed by atoms with Crippen LogP contribution in [-0.2, 0) is 0 Å². The molecule has 0 rings (SSSR count). The quantitative estimate of drug-likeness (QED) is 0.603. The smallest absolute Gasteiger partial charge is 0.0355 e. The third kappa shape index (κ3) is 3.44. The maximum absolute atomic E-state index is 2.17. The van der Waals surface area contributed by atoms with E-state index < -0.39 is 0 Å². The lowest BCUT2D eigenvalue weighted by Crippen LogP contribution is -1.67. The summed E-state index contributed by atoms with van der Waals surface area (Å²) in [6, 6.07) is 0. The topological polar surface area (TPSA) is 0 Å². The van der Waals surface area contributed by atoms with Crippen molar-refractivity contribution in [2.24, 2.45) is 0 Å². The van der Waals surface area contributed by atoms with Crippen LogP contribution >= 0.6 is 23.5 Å². The van der Waals surface area contributed by atoms with Crippen molar-refractivity contribution in [1.82, 2.24) is 0 Å². The molecule has 0 aliphatic heterocycles. The van der Waals surface area contributed by atoms with Crippen molar-refractivity contribution in [3.05, 3.63) is 10.3 Å². The molecule has 0 aliphatic rings. The van der Waals surface area contributed by atoms with E-state index >= 15 is 0 Å². The summed E-state index contributed by atoms with van der Waals surface area (Å²) in [5, 5.41) is 0. The van der Waals surface area contributed by atoms with Gasteiger partial charge in [0.15, 0.2) is 0 Å². The van der Waals surface area contributed by atoms with E-state index in [2.05, 4.69) is 26.2 Å². The predicted molar refractivity (Wildman–Crippen MR) is 45.4 cm³/mol. The molecule has 0 heterocycles. The lowest BCUT2D eigenvalue weighted by molar-refractivity contribution is 1.53. The van der Waals surface area contributed by atoms with E-state index in [1.54, 1.807) is 0 Å². The van der Waals surface area contributed by atoms with Gasteiger partial charge < -0.3 is 0 Å². The Morgan fingerprint density at radius 2 is 2.25 bits per heavy atom. The van der Waals surface area contributed by atoms with Gasteiger partial charge in [0, 0.05) is 4.24 Å². The average molecular weight is 148 g/mol. The molecule has 0 aliphatic carbocycles. The zero-order chi connectivity index (χ0) is 6.41. The van der Waals surface area contributed by atoms with E-state index in [1.165, 1.54) is 9.99 Å². The van der Waals surface area contributed by atoms with E-state index in [-0.39, 0.29) is 0 Å². The van der Waals surface area contributed by atoms with Crippen molar-refractivity contribution in [2.75, 3.05) is 12.0 Å². The number of hydrogen-bond donors (Lipinski definition) is 0. The first-order valence-electron chi connectivity index (χ1n) is 2.68. The van der Waals surface area contributed by atoms with Crippen LogP contribution in [0.25, 0.3) is 0 Å². The minimum Gasteiger partial charge on any atom is -0.123 e. The largest absolute Gasteiger partial charge is 0.123 e. The molecule has 2 heteroatoms. The fourth-order valence-electron chi connectivity index (χ4n) is 0.402.